The molecule has 0 unspecified atom stereocenters. The summed E-state index contributed by atoms with van der Waals surface area (Å²) in [6, 6.07) is 24.4. The van der Waals surface area contributed by atoms with Crippen LogP contribution >= 0.6 is 50.9 Å². The maximum atomic E-state index is 12.4. The number of nitrogens with one attached hydrogen (secondary N) is 1. The molecule has 35 heavy (non-hydrogen) atoms. The molecule has 1 N–H and O–H groups in total. The fourth-order valence-corrected chi connectivity index (χ4v) is 4.41. The van der Waals surface area contributed by atoms with Crippen LogP contribution in [0.5, 0.6) is 0 Å². The van der Waals surface area contributed by atoms with E-state index in [2.05, 4.69) is 36.7 Å². The van der Waals surface area contributed by atoms with E-state index < -0.39 is 0 Å². The van der Waals surface area contributed by atoms with E-state index in [1.807, 2.05) is 65.2 Å². The van der Waals surface area contributed by atoms with Crippen molar-refractivity contribution in [3.8, 4) is 17.1 Å². The molecule has 0 saturated carbocycles. The second-order valence-corrected chi connectivity index (χ2v) is 9.88. The molecule has 6 nitrogen and oxygen atoms in total. The molecule has 1 aromatic heterocycles. The number of allylic oxidation sites excluding steroid dienone is 1. The zero-order valence-corrected chi connectivity index (χ0v) is 22.0. The highest BCUT2D eigenvalue weighted by atomic mass is 79.9. The lowest BCUT2D eigenvalue weighted by Gasteiger charge is -2.10. The van der Waals surface area contributed by atoms with E-state index in [1.165, 1.54) is 18.0 Å². The Labute approximate surface area is 225 Å². The van der Waals surface area contributed by atoms with Crippen LogP contribution in [0.15, 0.2) is 93.6 Å². The molecule has 1 amide bonds. The van der Waals surface area contributed by atoms with Gasteiger partial charge in [0.05, 0.1) is 12.0 Å². The summed E-state index contributed by atoms with van der Waals surface area (Å²) in [6.45, 7) is 0. The van der Waals surface area contributed by atoms with Crippen molar-refractivity contribution in [2.45, 2.75) is 5.16 Å². The summed E-state index contributed by atoms with van der Waals surface area (Å²) in [6.07, 6.45) is 3.43. The molecule has 1 heterocycles. The molecule has 0 aliphatic carbocycles. The van der Waals surface area contributed by atoms with E-state index >= 15 is 0 Å². The minimum Gasteiger partial charge on any atom is -0.272 e. The van der Waals surface area contributed by atoms with Crippen LogP contribution in [-0.4, -0.2) is 32.6 Å². The van der Waals surface area contributed by atoms with Gasteiger partial charge in [-0.15, -0.1) is 10.2 Å². The quantitative estimate of drug-likeness (QED) is 0.139. The van der Waals surface area contributed by atoms with Gasteiger partial charge in [-0.25, -0.2) is 5.43 Å². The number of nitrogens with zero attached hydrogens (tertiary/aromatic N) is 4. The highest BCUT2D eigenvalue weighted by molar-refractivity contribution is 9.12. The molecule has 3 aromatic carbocycles. The van der Waals surface area contributed by atoms with Crippen molar-refractivity contribution in [1.29, 1.82) is 0 Å². The number of aromatic nitrogens is 3. The van der Waals surface area contributed by atoms with Crippen molar-refractivity contribution in [3.05, 3.63) is 99.0 Å². The maximum Gasteiger partial charge on any atom is 0.250 e. The lowest BCUT2D eigenvalue weighted by atomic mass is 10.2. The second kappa shape index (κ2) is 12.2. The largest absolute Gasteiger partial charge is 0.272 e. The van der Waals surface area contributed by atoms with Gasteiger partial charge in [-0.3, -0.25) is 9.36 Å². The number of halogens is 3. The van der Waals surface area contributed by atoms with E-state index in [0.29, 0.717) is 21.0 Å². The van der Waals surface area contributed by atoms with Crippen LogP contribution in [0.25, 0.3) is 23.2 Å². The van der Waals surface area contributed by atoms with Gasteiger partial charge in [-0.05, 0) is 76.1 Å². The topological polar surface area (TPSA) is 72.2 Å². The first-order valence-electron chi connectivity index (χ1n) is 10.3. The summed E-state index contributed by atoms with van der Waals surface area (Å²) in [7, 11) is 0. The first-order valence-corrected chi connectivity index (χ1v) is 12.9. The summed E-state index contributed by atoms with van der Waals surface area (Å²) in [5.41, 5.74) is 5.21. The van der Waals surface area contributed by atoms with Gasteiger partial charge >= 0.3 is 0 Å². The zero-order chi connectivity index (χ0) is 24.6. The van der Waals surface area contributed by atoms with Crippen molar-refractivity contribution >= 4 is 69.1 Å². The third-order valence-electron chi connectivity index (χ3n) is 4.63. The molecule has 0 aliphatic heterocycles. The number of hydrazone groups is 1. The molecular formula is C25H18BrCl2N5OS. The second-order valence-electron chi connectivity index (χ2n) is 7.15. The summed E-state index contributed by atoms with van der Waals surface area (Å²) in [4.78, 5) is 12.4. The Morgan fingerprint density at radius 2 is 1.63 bits per heavy atom. The van der Waals surface area contributed by atoms with Crippen LogP contribution in [0.2, 0.25) is 10.0 Å². The van der Waals surface area contributed by atoms with Crippen LogP contribution in [-0.2, 0) is 4.79 Å². The van der Waals surface area contributed by atoms with Gasteiger partial charge in [-0.2, -0.15) is 5.10 Å². The third kappa shape index (κ3) is 7.05. The molecule has 0 atom stereocenters. The summed E-state index contributed by atoms with van der Waals surface area (Å²) in [5.74, 6) is 0.453. The van der Waals surface area contributed by atoms with Gasteiger partial charge in [0, 0.05) is 25.8 Å². The van der Waals surface area contributed by atoms with Crippen LogP contribution in [0.4, 0.5) is 0 Å². The smallest absolute Gasteiger partial charge is 0.250 e. The molecule has 176 valence electrons. The summed E-state index contributed by atoms with van der Waals surface area (Å²) in [5, 5.41) is 14.5. The van der Waals surface area contributed by atoms with E-state index in [1.54, 1.807) is 24.3 Å². The van der Waals surface area contributed by atoms with E-state index in [-0.39, 0.29) is 11.7 Å². The molecular weight excluding hydrogens is 569 g/mol. The molecule has 0 fully saturated rings. The van der Waals surface area contributed by atoms with E-state index in [0.717, 1.165) is 21.3 Å². The summed E-state index contributed by atoms with van der Waals surface area (Å²) < 4.78 is 2.60. The highest BCUT2D eigenvalue weighted by Crippen LogP contribution is 2.29. The molecule has 0 radical (unpaired) electrons. The van der Waals surface area contributed by atoms with Gasteiger partial charge in [0.25, 0.3) is 5.91 Å². The van der Waals surface area contributed by atoms with Gasteiger partial charge in [0.1, 0.15) is 0 Å². The number of carbonyl (C=O) groups is 1. The predicted octanol–water partition coefficient (Wildman–Crippen LogP) is 6.87. The third-order valence-corrected chi connectivity index (χ3v) is 6.50. The minimum absolute atomic E-state index is 0.101. The van der Waals surface area contributed by atoms with Crippen molar-refractivity contribution < 1.29 is 4.79 Å². The number of benzene rings is 3. The van der Waals surface area contributed by atoms with E-state index in [4.69, 9.17) is 23.2 Å². The average Bonchev–Trinajstić information content (AvgIpc) is 3.28. The molecule has 0 saturated heterocycles. The Hall–Kier alpha value is -2.91. The first kappa shape index (κ1) is 25.2. The van der Waals surface area contributed by atoms with Gasteiger partial charge in [0.2, 0.25) is 0 Å². The Balaban J connectivity index is 1.47. The van der Waals surface area contributed by atoms with E-state index in [9.17, 15) is 4.79 Å². The van der Waals surface area contributed by atoms with Crippen molar-refractivity contribution in [3.63, 3.8) is 0 Å². The lowest BCUT2D eigenvalue weighted by molar-refractivity contribution is -0.118. The van der Waals surface area contributed by atoms with Gasteiger partial charge < -0.3 is 0 Å². The van der Waals surface area contributed by atoms with Gasteiger partial charge in [-0.1, -0.05) is 65.3 Å². The standard InChI is InChI=1S/C25H18BrCl2N5OS/c26-19(14-17-4-2-1-3-5-17)15-29-30-23(34)16-35-25-32-31-24(18-6-8-20(27)9-7-18)33(25)22-12-10-21(28)11-13-22/h1-15H,16H2,(H,30,34)/b19-14-,29-15+. The Bertz CT molecular complexity index is 1360. The summed E-state index contributed by atoms with van der Waals surface area (Å²) >= 11 is 16.8. The number of thioether (sulfide) groups is 1. The van der Waals surface area contributed by atoms with Crippen molar-refractivity contribution in [1.82, 2.24) is 20.2 Å². The number of hydrogen-bond donors (Lipinski definition) is 1. The first-order chi connectivity index (χ1) is 17.0. The molecule has 4 rings (SSSR count). The fourth-order valence-electron chi connectivity index (χ4n) is 3.05. The van der Waals surface area contributed by atoms with Crippen LogP contribution < -0.4 is 5.43 Å². The van der Waals surface area contributed by atoms with Crippen molar-refractivity contribution in [2.75, 3.05) is 5.75 Å². The Morgan fingerprint density at radius 3 is 2.31 bits per heavy atom. The Morgan fingerprint density at radius 1 is 0.971 bits per heavy atom. The molecule has 4 aromatic rings. The normalized spacial score (nSPS) is 11.7. The lowest BCUT2D eigenvalue weighted by Crippen LogP contribution is -2.19. The van der Waals surface area contributed by atoms with Crippen LogP contribution in [0.1, 0.15) is 5.56 Å². The average molecular weight is 587 g/mol. The monoisotopic (exact) mass is 585 g/mol. The SMILES string of the molecule is O=C(CSc1nnc(-c2ccc(Cl)cc2)n1-c1ccc(Cl)cc1)N/N=C/C(Br)=C/c1ccccc1. The maximum absolute atomic E-state index is 12.4. The van der Waals surface area contributed by atoms with Crippen LogP contribution in [0, 0.1) is 0 Å². The van der Waals surface area contributed by atoms with Crippen molar-refractivity contribution in [2.24, 2.45) is 5.10 Å². The number of rotatable bonds is 8. The molecule has 0 bridgehead atoms. The number of hydrogen-bond acceptors (Lipinski definition) is 5. The highest BCUT2D eigenvalue weighted by Gasteiger charge is 2.17. The zero-order valence-electron chi connectivity index (χ0n) is 18.1. The van der Waals surface area contributed by atoms with Gasteiger partial charge in [0.15, 0.2) is 11.0 Å². The molecule has 10 heteroatoms. The minimum atomic E-state index is -0.273. The molecule has 0 aliphatic rings. The fraction of sp³-hybridized carbons (Fsp3) is 0.0400. The predicted molar refractivity (Wildman–Crippen MR) is 148 cm³/mol. The number of carbonyl (C=O) groups excluding carboxylic acids is 1. The van der Waals surface area contributed by atoms with Crippen LogP contribution in [0.3, 0.4) is 0 Å². The number of amides is 1. The molecule has 0 spiro atoms. The Kier molecular flexibility index (Phi) is 8.76.